The Bertz CT molecular complexity index is 2380. The SMILES string of the molecule is NC(=O)CCC1NC(=O)[C@H](Cc2ccccc2)NC(=O)C(Cc2ccccc2)NC(=O)CCSSC[C@@H](C(=O)N2CC=C[C@H]2C(=O)N[C@H](CCCN=C(N)N)C(=O)NCC(N)=O)NC(=O)C(CC(N)=O)NC1=O. The quantitative estimate of drug-likeness (QED) is 0.0208. The van der Waals surface area contributed by atoms with Crippen LogP contribution in [0, 0.1) is 0 Å². The number of hydrogen-bond donors (Lipinski definition) is 12. The molecule has 0 radical (unpaired) electrons. The summed E-state index contributed by atoms with van der Waals surface area (Å²) < 4.78 is 0. The average Bonchev–Trinajstić information content (AvgIpc) is 3.84. The van der Waals surface area contributed by atoms with Gasteiger partial charge in [-0.3, -0.25) is 57.7 Å². The highest BCUT2D eigenvalue weighted by atomic mass is 33.1. The van der Waals surface area contributed by atoms with E-state index in [1.54, 1.807) is 60.7 Å². The van der Waals surface area contributed by atoms with Crippen LogP contribution in [0.5, 0.6) is 0 Å². The molecule has 25 nitrogen and oxygen atoms in total. The van der Waals surface area contributed by atoms with Gasteiger partial charge in [0.2, 0.25) is 65.0 Å². The molecule has 0 spiro atoms. The Balaban J connectivity index is 1.68. The molecule has 1 fully saturated rings. The van der Waals surface area contributed by atoms with Crippen LogP contribution in [0.1, 0.15) is 49.7 Å². The summed E-state index contributed by atoms with van der Waals surface area (Å²) in [7, 11) is 2.20. The number of guanidine groups is 1. The van der Waals surface area contributed by atoms with Crippen molar-refractivity contribution >= 4 is 92.5 Å². The molecule has 1 saturated heterocycles. The minimum Gasteiger partial charge on any atom is -0.370 e. The maximum Gasteiger partial charge on any atom is 0.247 e. The first-order chi connectivity index (χ1) is 34.8. The van der Waals surface area contributed by atoms with E-state index in [0.717, 1.165) is 26.5 Å². The van der Waals surface area contributed by atoms with Crippen molar-refractivity contribution in [2.75, 3.05) is 31.1 Å². The highest BCUT2D eigenvalue weighted by Gasteiger charge is 2.39. The van der Waals surface area contributed by atoms with Gasteiger partial charge >= 0.3 is 0 Å². The molecule has 73 heavy (non-hydrogen) atoms. The first-order valence-corrected chi connectivity index (χ1v) is 25.6. The van der Waals surface area contributed by atoms with E-state index in [0.29, 0.717) is 11.1 Å². The van der Waals surface area contributed by atoms with Crippen LogP contribution < -0.4 is 65.9 Å². The predicted octanol–water partition coefficient (Wildman–Crippen LogP) is -4.27. The Morgan fingerprint density at radius 3 is 1.86 bits per heavy atom. The smallest absolute Gasteiger partial charge is 0.247 e. The lowest BCUT2D eigenvalue weighted by atomic mass is 10.0. The Kier molecular flexibility index (Phi) is 23.5. The van der Waals surface area contributed by atoms with Gasteiger partial charge < -0.3 is 70.8 Å². The molecule has 17 N–H and O–H groups in total. The number of carbonyl (C=O) groups is 11. The summed E-state index contributed by atoms with van der Waals surface area (Å²) in [5.41, 5.74) is 28.3. The second-order valence-corrected chi connectivity index (χ2v) is 19.5. The van der Waals surface area contributed by atoms with Gasteiger partial charge in [0.15, 0.2) is 5.96 Å². The van der Waals surface area contributed by atoms with E-state index in [2.05, 4.69) is 42.2 Å². The zero-order chi connectivity index (χ0) is 53.5. The predicted molar refractivity (Wildman–Crippen MR) is 270 cm³/mol. The molecule has 4 rings (SSSR count). The minimum atomic E-state index is -1.77. The van der Waals surface area contributed by atoms with Crippen molar-refractivity contribution < 1.29 is 52.7 Å². The van der Waals surface area contributed by atoms with E-state index >= 15 is 0 Å². The second-order valence-electron chi connectivity index (χ2n) is 16.8. The van der Waals surface area contributed by atoms with Crippen LogP contribution in [0.3, 0.4) is 0 Å². The van der Waals surface area contributed by atoms with E-state index in [9.17, 15) is 52.7 Å². The summed E-state index contributed by atoms with van der Waals surface area (Å²) in [5.74, 6) is -9.71. The Morgan fingerprint density at radius 1 is 0.699 bits per heavy atom. The van der Waals surface area contributed by atoms with Gasteiger partial charge in [0.05, 0.1) is 13.0 Å². The molecular formula is C46H62N14O11S2. The molecule has 0 aliphatic carbocycles. The first-order valence-electron chi connectivity index (χ1n) is 23.1. The number of aliphatic imine (C=N–C) groups is 1. The fourth-order valence-electron chi connectivity index (χ4n) is 7.43. The number of carbonyl (C=O) groups excluding carboxylic acids is 11. The third-order valence-electron chi connectivity index (χ3n) is 11.1. The van der Waals surface area contributed by atoms with E-state index in [4.69, 9.17) is 28.7 Å². The molecule has 394 valence electrons. The fraction of sp³-hybridized carbons (Fsp3) is 0.435. The van der Waals surface area contributed by atoms with E-state index < -0.39 is 133 Å². The van der Waals surface area contributed by atoms with Gasteiger partial charge in [-0.1, -0.05) is 94.4 Å². The monoisotopic (exact) mass is 1050 g/mol. The van der Waals surface area contributed by atoms with Crippen LogP contribution >= 0.6 is 21.6 Å². The molecule has 27 heteroatoms. The lowest BCUT2D eigenvalue weighted by Crippen LogP contribution is -2.61. The molecule has 2 heterocycles. The number of nitrogens with two attached hydrogens (primary N) is 5. The van der Waals surface area contributed by atoms with E-state index in [1.165, 1.54) is 12.2 Å². The molecule has 0 bridgehead atoms. The zero-order valence-electron chi connectivity index (χ0n) is 39.8. The number of hydrogen-bond acceptors (Lipinski definition) is 14. The number of benzene rings is 2. The van der Waals surface area contributed by atoms with Crippen LogP contribution in [0.25, 0.3) is 0 Å². The summed E-state index contributed by atoms with van der Waals surface area (Å²) in [6.07, 6.45) is 1.27. The Labute approximate surface area is 428 Å². The van der Waals surface area contributed by atoms with Crippen LogP contribution in [0.4, 0.5) is 0 Å². The van der Waals surface area contributed by atoms with Gasteiger partial charge in [-0.25, -0.2) is 0 Å². The summed E-state index contributed by atoms with van der Waals surface area (Å²) in [4.78, 5) is 153. The summed E-state index contributed by atoms with van der Waals surface area (Å²) >= 11 is 0. The van der Waals surface area contributed by atoms with Gasteiger partial charge in [-0.05, 0) is 30.4 Å². The minimum absolute atomic E-state index is 0.00273. The molecule has 2 aliphatic rings. The van der Waals surface area contributed by atoms with Crippen LogP contribution in [-0.4, -0.2) is 149 Å². The van der Waals surface area contributed by atoms with Crippen molar-refractivity contribution in [2.24, 2.45) is 33.7 Å². The molecule has 7 atom stereocenters. The highest BCUT2D eigenvalue weighted by Crippen LogP contribution is 2.25. The standard InChI is InChI=1S/C46H62N14O11S2/c47-35(61)16-15-29-40(66)58-32(23-36(48)62)43(69)59-33(45(71)60-19-8-14-34(60)44(70)56-28(13-7-18-52-46(50)51)39(65)53-24-37(49)63)25-73-72-20-17-38(64)54-30(21-26-9-3-1-4-10-26)41(67)57-31(42(68)55-29)22-27-11-5-2-6-12-27/h1-6,8-12,14,28-34H,7,13,15-25H2,(H2,47,61)(H2,48,62)(H2,49,63)(H,53,65)(H,54,64)(H,55,68)(H,56,70)(H,57,67)(H,58,66)(H,59,69)(H4,50,51,52)/t28-,29?,30?,31+,32?,33+,34+/m1/s1. The Hall–Kier alpha value is -7.68. The van der Waals surface area contributed by atoms with Crippen molar-refractivity contribution in [3.8, 4) is 0 Å². The lowest BCUT2D eigenvalue weighted by molar-refractivity contribution is -0.141. The first kappa shape index (κ1) is 57.9. The van der Waals surface area contributed by atoms with Gasteiger partial charge in [0.25, 0.3) is 0 Å². The summed E-state index contributed by atoms with van der Waals surface area (Å²) in [6, 6.07) is 7.43. The second kappa shape index (κ2) is 29.6. The molecule has 0 aromatic heterocycles. The summed E-state index contributed by atoms with van der Waals surface area (Å²) in [5, 5.41) is 17.9. The molecule has 2 aromatic carbocycles. The van der Waals surface area contributed by atoms with Gasteiger partial charge in [-0.2, -0.15) is 0 Å². The normalized spacial score (nSPS) is 21.6. The van der Waals surface area contributed by atoms with Crippen LogP contribution in [-0.2, 0) is 65.6 Å². The molecule has 0 saturated carbocycles. The lowest BCUT2D eigenvalue weighted by Gasteiger charge is -2.30. The number of nitrogens with zero attached hydrogens (tertiary/aromatic N) is 2. The average molecular weight is 1050 g/mol. The third-order valence-corrected chi connectivity index (χ3v) is 13.5. The van der Waals surface area contributed by atoms with Crippen LogP contribution in [0.15, 0.2) is 77.8 Å². The highest BCUT2D eigenvalue weighted by molar-refractivity contribution is 8.76. The number of primary amides is 3. The molecule has 2 aliphatic heterocycles. The zero-order valence-corrected chi connectivity index (χ0v) is 41.4. The van der Waals surface area contributed by atoms with Crippen LogP contribution in [0.2, 0.25) is 0 Å². The van der Waals surface area contributed by atoms with Crippen molar-refractivity contribution in [3.05, 3.63) is 83.9 Å². The number of nitrogens with one attached hydrogen (secondary N) is 7. The van der Waals surface area contributed by atoms with Gasteiger partial charge in [0.1, 0.15) is 42.3 Å². The largest absolute Gasteiger partial charge is 0.370 e. The topological polar surface area (TPSA) is 418 Å². The number of amides is 11. The Morgan fingerprint density at radius 2 is 1.27 bits per heavy atom. The van der Waals surface area contributed by atoms with Crippen molar-refractivity contribution in [2.45, 2.75) is 93.7 Å². The molecular weight excluding hydrogens is 989 g/mol. The van der Waals surface area contributed by atoms with Crippen molar-refractivity contribution in [1.29, 1.82) is 0 Å². The van der Waals surface area contributed by atoms with E-state index in [-0.39, 0.29) is 62.7 Å². The molecule has 11 amide bonds. The van der Waals surface area contributed by atoms with Gasteiger partial charge in [-0.15, -0.1) is 0 Å². The molecule has 2 aromatic rings. The van der Waals surface area contributed by atoms with Crippen molar-refractivity contribution in [3.63, 3.8) is 0 Å². The van der Waals surface area contributed by atoms with Crippen molar-refractivity contribution in [1.82, 2.24) is 42.1 Å². The van der Waals surface area contributed by atoms with Gasteiger partial charge in [0, 0.05) is 50.3 Å². The fourth-order valence-corrected chi connectivity index (χ4v) is 9.57. The molecule has 3 unspecified atom stereocenters. The number of rotatable bonds is 19. The third kappa shape index (κ3) is 20.2. The maximum absolute atomic E-state index is 14.5. The maximum atomic E-state index is 14.5. The van der Waals surface area contributed by atoms with E-state index in [1.807, 2.05) is 0 Å². The summed E-state index contributed by atoms with van der Waals surface area (Å²) in [6.45, 7) is -0.583.